The van der Waals surface area contributed by atoms with Crippen LogP contribution >= 0.6 is 0 Å². The normalized spacial score (nSPS) is 17.8. The predicted octanol–water partition coefficient (Wildman–Crippen LogP) is 3.28. The molecule has 1 fully saturated rings. The highest BCUT2D eigenvalue weighted by Gasteiger charge is 2.28. The quantitative estimate of drug-likeness (QED) is 0.872. The van der Waals surface area contributed by atoms with Crippen molar-refractivity contribution in [3.8, 4) is 0 Å². The van der Waals surface area contributed by atoms with Gasteiger partial charge in [0.05, 0.1) is 12.5 Å². The molecule has 0 bridgehead atoms. The Labute approximate surface area is 146 Å². The molecule has 132 valence electrons. The minimum Gasteiger partial charge on any atom is -0.481 e. The maximum absolute atomic E-state index is 13.4. The van der Waals surface area contributed by atoms with Gasteiger partial charge in [0, 0.05) is 24.4 Å². The van der Waals surface area contributed by atoms with Gasteiger partial charge >= 0.3 is 5.97 Å². The largest absolute Gasteiger partial charge is 0.481 e. The van der Waals surface area contributed by atoms with E-state index >= 15 is 0 Å². The molecule has 1 aliphatic heterocycles. The van der Waals surface area contributed by atoms with Crippen molar-refractivity contribution in [1.29, 1.82) is 0 Å². The number of nitrogens with zero attached hydrogens (tertiary/aromatic N) is 3. The van der Waals surface area contributed by atoms with E-state index in [0.717, 1.165) is 42.2 Å². The molecule has 1 N–H and O–H groups in total. The zero-order valence-corrected chi connectivity index (χ0v) is 14.3. The Morgan fingerprint density at radius 3 is 2.96 bits per heavy atom. The molecule has 6 heteroatoms. The van der Waals surface area contributed by atoms with Gasteiger partial charge in [-0.3, -0.25) is 9.69 Å². The van der Waals surface area contributed by atoms with E-state index in [0.29, 0.717) is 13.0 Å². The second kappa shape index (κ2) is 7.70. The summed E-state index contributed by atoms with van der Waals surface area (Å²) in [6, 6.07) is 8.59. The lowest BCUT2D eigenvalue weighted by molar-refractivity contribution is -0.136. The van der Waals surface area contributed by atoms with Crippen molar-refractivity contribution in [1.82, 2.24) is 14.9 Å². The van der Waals surface area contributed by atoms with E-state index < -0.39 is 5.97 Å². The summed E-state index contributed by atoms with van der Waals surface area (Å²) in [6.07, 6.45) is 2.47. The van der Waals surface area contributed by atoms with Crippen molar-refractivity contribution in [2.75, 3.05) is 6.54 Å². The van der Waals surface area contributed by atoms with Gasteiger partial charge in [-0.1, -0.05) is 12.1 Å². The number of halogens is 1. The van der Waals surface area contributed by atoms with E-state index in [2.05, 4.69) is 14.9 Å². The molecule has 5 nitrogen and oxygen atoms in total. The first-order chi connectivity index (χ1) is 12.0. The van der Waals surface area contributed by atoms with Crippen LogP contribution in [0.25, 0.3) is 0 Å². The monoisotopic (exact) mass is 343 g/mol. The number of carbonyl (C=O) groups is 1. The van der Waals surface area contributed by atoms with Crippen LogP contribution in [0.5, 0.6) is 0 Å². The van der Waals surface area contributed by atoms with E-state index in [1.807, 2.05) is 19.1 Å². The van der Waals surface area contributed by atoms with Crippen LogP contribution in [0.1, 0.15) is 48.1 Å². The zero-order chi connectivity index (χ0) is 17.8. The predicted molar refractivity (Wildman–Crippen MR) is 91.5 cm³/mol. The van der Waals surface area contributed by atoms with Crippen molar-refractivity contribution < 1.29 is 14.3 Å². The van der Waals surface area contributed by atoms with Crippen LogP contribution in [0, 0.1) is 12.7 Å². The second-order valence-electron chi connectivity index (χ2n) is 6.51. The smallest absolute Gasteiger partial charge is 0.303 e. The standard InChI is InChI=1S/C19H22FN3O2/c1-13-10-16(7-8-18(24)25)22-19(21-13)17-6-3-9-23(17)12-14-4-2-5-15(20)11-14/h2,4-5,10-11,17H,3,6-9,12H2,1H3,(H,24,25)/t17-/m1/s1. The third-order valence-corrected chi connectivity index (χ3v) is 4.46. The van der Waals surface area contributed by atoms with E-state index in [9.17, 15) is 9.18 Å². The number of aromatic nitrogens is 2. The number of aryl methyl sites for hydroxylation is 2. The number of benzene rings is 1. The van der Waals surface area contributed by atoms with Crippen molar-refractivity contribution in [3.05, 3.63) is 58.9 Å². The minimum atomic E-state index is -0.827. The first-order valence-electron chi connectivity index (χ1n) is 8.56. The molecule has 2 aromatic rings. The van der Waals surface area contributed by atoms with Crippen molar-refractivity contribution in [2.24, 2.45) is 0 Å². The lowest BCUT2D eigenvalue weighted by Gasteiger charge is -2.24. The van der Waals surface area contributed by atoms with Gasteiger partial charge in [-0.2, -0.15) is 0 Å². The molecule has 1 aliphatic rings. The van der Waals surface area contributed by atoms with Gasteiger partial charge in [-0.25, -0.2) is 14.4 Å². The lowest BCUT2D eigenvalue weighted by atomic mass is 10.1. The molecule has 1 atom stereocenters. The molecular formula is C19H22FN3O2. The minimum absolute atomic E-state index is 0.0631. The number of likely N-dealkylation sites (tertiary alicyclic amines) is 1. The fourth-order valence-corrected chi connectivity index (χ4v) is 3.35. The van der Waals surface area contributed by atoms with Crippen molar-refractivity contribution in [2.45, 2.75) is 45.2 Å². The molecule has 1 saturated heterocycles. The summed E-state index contributed by atoms with van der Waals surface area (Å²) in [4.78, 5) is 22.3. The van der Waals surface area contributed by atoms with Gasteiger partial charge in [0.15, 0.2) is 0 Å². The van der Waals surface area contributed by atoms with E-state index in [4.69, 9.17) is 5.11 Å². The Morgan fingerprint density at radius 1 is 1.36 bits per heavy atom. The van der Waals surface area contributed by atoms with Crippen LogP contribution < -0.4 is 0 Å². The van der Waals surface area contributed by atoms with Crippen LogP contribution in [-0.4, -0.2) is 32.5 Å². The Kier molecular flexibility index (Phi) is 5.38. The van der Waals surface area contributed by atoms with Crippen LogP contribution in [0.2, 0.25) is 0 Å². The molecular weight excluding hydrogens is 321 g/mol. The average molecular weight is 343 g/mol. The Hall–Kier alpha value is -2.34. The summed E-state index contributed by atoms with van der Waals surface area (Å²) in [7, 11) is 0. The van der Waals surface area contributed by atoms with Crippen LogP contribution in [-0.2, 0) is 17.8 Å². The first kappa shape index (κ1) is 17.5. The van der Waals surface area contributed by atoms with Gasteiger partial charge in [-0.15, -0.1) is 0 Å². The highest BCUT2D eigenvalue weighted by Crippen LogP contribution is 2.31. The summed E-state index contributed by atoms with van der Waals surface area (Å²) in [5, 5.41) is 8.87. The zero-order valence-electron chi connectivity index (χ0n) is 14.3. The molecule has 0 amide bonds. The van der Waals surface area contributed by atoms with Crippen LogP contribution in [0.15, 0.2) is 30.3 Å². The third kappa shape index (κ3) is 4.60. The summed E-state index contributed by atoms with van der Waals surface area (Å²) in [5.41, 5.74) is 2.55. The SMILES string of the molecule is Cc1cc(CCC(=O)O)nc([C@H]2CCCN2Cc2cccc(F)c2)n1. The molecule has 0 saturated carbocycles. The number of hydrogen-bond donors (Lipinski definition) is 1. The maximum Gasteiger partial charge on any atom is 0.303 e. The second-order valence-corrected chi connectivity index (χ2v) is 6.51. The number of carboxylic acids is 1. The fraction of sp³-hybridized carbons (Fsp3) is 0.421. The lowest BCUT2D eigenvalue weighted by Crippen LogP contribution is -2.25. The summed E-state index contributed by atoms with van der Waals surface area (Å²) < 4.78 is 13.4. The van der Waals surface area contributed by atoms with Crippen LogP contribution in [0.4, 0.5) is 4.39 Å². The number of rotatable bonds is 6. The number of hydrogen-bond acceptors (Lipinski definition) is 4. The molecule has 1 aromatic heterocycles. The van der Waals surface area contributed by atoms with E-state index in [-0.39, 0.29) is 18.3 Å². The molecule has 0 spiro atoms. The summed E-state index contributed by atoms with van der Waals surface area (Å²) in [6.45, 7) is 3.48. The highest BCUT2D eigenvalue weighted by molar-refractivity contribution is 5.66. The molecule has 3 rings (SSSR count). The topological polar surface area (TPSA) is 66.3 Å². The van der Waals surface area contributed by atoms with E-state index in [1.54, 1.807) is 12.1 Å². The van der Waals surface area contributed by atoms with Gasteiger partial charge in [0.2, 0.25) is 0 Å². The van der Waals surface area contributed by atoms with Gasteiger partial charge in [-0.05, 0) is 50.1 Å². The van der Waals surface area contributed by atoms with Crippen molar-refractivity contribution >= 4 is 5.97 Å². The maximum atomic E-state index is 13.4. The van der Waals surface area contributed by atoms with Gasteiger partial charge in [0.25, 0.3) is 0 Å². The molecule has 0 aliphatic carbocycles. The summed E-state index contributed by atoms with van der Waals surface area (Å²) >= 11 is 0. The molecule has 1 aromatic carbocycles. The van der Waals surface area contributed by atoms with Crippen LogP contribution in [0.3, 0.4) is 0 Å². The van der Waals surface area contributed by atoms with E-state index in [1.165, 1.54) is 6.07 Å². The third-order valence-electron chi connectivity index (χ3n) is 4.46. The van der Waals surface area contributed by atoms with Gasteiger partial charge in [0.1, 0.15) is 11.6 Å². The average Bonchev–Trinajstić information content (AvgIpc) is 3.00. The first-order valence-corrected chi connectivity index (χ1v) is 8.56. The Morgan fingerprint density at radius 2 is 2.20 bits per heavy atom. The van der Waals surface area contributed by atoms with Gasteiger partial charge < -0.3 is 5.11 Å². The number of carboxylic acid groups (broad SMARTS) is 1. The molecule has 25 heavy (non-hydrogen) atoms. The Balaban J connectivity index is 1.78. The summed E-state index contributed by atoms with van der Waals surface area (Å²) in [5.74, 6) is -0.309. The number of aliphatic carboxylic acids is 1. The fourth-order valence-electron chi connectivity index (χ4n) is 3.35. The highest BCUT2D eigenvalue weighted by atomic mass is 19.1. The molecule has 0 radical (unpaired) electrons. The Bertz CT molecular complexity index is 766. The van der Waals surface area contributed by atoms with Crippen molar-refractivity contribution in [3.63, 3.8) is 0 Å². The molecule has 0 unspecified atom stereocenters. The molecule has 2 heterocycles.